The average molecular weight is 307 g/mol. The molecule has 21 heavy (non-hydrogen) atoms. The van der Waals surface area contributed by atoms with Crippen LogP contribution in [0.2, 0.25) is 0 Å². The molecule has 4 heteroatoms. The minimum absolute atomic E-state index is 0.333. The fourth-order valence-electron chi connectivity index (χ4n) is 3.40. The lowest BCUT2D eigenvalue weighted by molar-refractivity contribution is 0.438. The van der Waals surface area contributed by atoms with Gasteiger partial charge in [0, 0.05) is 5.71 Å². The Morgan fingerprint density at radius 1 is 1.05 bits per heavy atom. The van der Waals surface area contributed by atoms with Crippen molar-refractivity contribution >= 4 is 15.7 Å². The minimum Gasteiger partial charge on any atom is -0.199 e. The average Bonchev–Trinajstić information content (AvgIpc) is 2.37. The lowest BCUT2D eigenvalue weighted by Gasteiger charge is -2.21. The maximum Gasteiger partial charge on any atom is 0.282 e. The molecular weight excluding hydrogens is 282 g/mol. The molecular formula is C17H25NO2S. The van der Waals surface area contributed by atoms with E-state index in [-0.39, 0.29) is 0 Å². The standard InChI is InChI=1S/C17H25NO2S/c1-12-10-13(2)17(14(3)11-12)21(19,20)18-15(4)16-8-6-5-7-9-16/h10-11,16H,5-9H2,1-4H3/b18-15+. The van der Waals surface area contributed by atoms with Gasteiger partial charge in [0.2, 0.25) is 0 Å². The van der Waals surface area contributed by atoms with Gasteiger partial charge < -0.3 is 0 Å². The van der Waals surface area contributed by atoms with E-state index in [1.165, 1.54) is 19.3 Å². The van der Waals surface area contributed by atoms with Crippen molar-refractivity contribution in [3.63, 3.8) is 0 Å². The summed E-state index contributed by atoms with van der Waals surface area (Å²) in [7, 11) is -3.60. The largest absolute Gasteiger partial charge is 0.282 e. The Kier molecular flexibility index (Phi) is 4.87. The second-order valence-electron chi connectivity index (χ2n) is 6.27. The molecule has 0 unspecified atom stereocenters. The van der Waals surface area contributed by atoms with E-state index in [9.17, 15) is 8.42 Å². The molecule has 0 saturated heterocycles. The lowest BCUT2D eigenvalue weighted by atomic mass is 9.86. The van der Waals surface area contributed by atoms with Crippen molar-refractivity contribution in [3.05, 3.63) is 28.8 Å². The smallest absolute Gasteiger partial charge is 0.199 e. The summed E-state index contributed by atoms with van der Waals surface area (Å²) in [6, 6.07) is 3.82. The molecule has 1 saturated carbocycles. The van der Waals surface area contributed by atoms with Crippen molar-refractivity contribution in [3.8, 4) is 0 Å². The normalized spacial score (nSPS) is 18.0. The van der Waals surface area contributed by atoms with Crippen LogP contribution in [0.25, 0.3) is 0 Å². The Bertz CT molecular complexity index is 630. The summed E-state index contributed by atoms with van der Waals surface area (Å²) in [5.74, 6) is 0.333. The summed E-state index contributed by atoms with van der Waals surface area (Å²) in [5.41, 5.74) is 3.42. The van der Waals surface area contributed by atoms with Crippen LogP contribution in [0.5, 0.6) is 0 Å². The van der Waals surface area contributed by atoms with E-state index in [1.807, 2.05) is 39.8 Å². The van der Waals surface area contributed by atoms with Gasteiger partial charge in [-0.05, 0) is 57.6 Å². The first kappa shape index (κ1) is 16.2. The number of hydrogen-bond acceptors (Lipinski definition) is 2. The predicted octanol–water partition coefficient (Wildman–Crippen LogP) is 4.34. The molecule has 0 N–H and O–H groups in total. The van der Waals surface area contributed by atoms with Crippen molar-refractivity contribution in [2.45, 2.75) is 64.7 Å². The van der Waals surface area contributed by atoms with Crippen LogP contribution in [0, 0.1) is 26.7 Å². The quantitative estimate of drug-likeness (QED) is 0.780. The van der Waals surface area contributed by atoms with Gasteiger partial charge in [0.05, 0.1) is 4.90 Å². The van der Waals surface area contributed by atoms with E-state index < -0.39 is 10.0 Å². The van der Waals surface area contributed by atoms with Crippen LogP contribution in [0.1, 0.15) is 55.7 Å². The van der Waals surface area contributed by atoms with Crippen LogP contribution < -0.4 is 0 Å². The first-order valence-corrected chi connectivity index (χ1v) is 9.14. The molecule has 0 bridgehead atoms. The molecule has 0 spiro atoms. The third-order valence-corrected chi connectivity index (χ3v) is 6.01. The minimum atomic E-state index is -3.60. The maximum atomic E-state index is 12.7. The number of benzene rings is 1. The highest BCUT2D eigenvalue weighted by atomic mass is 32.2. The van der Waals surface area contributed by atoms with Crippen LogP contribution in [0.15, 0.2) is 21.4 Å². The molecule has 116 valence electrons. The summed E-state index contributed by atoms with van der Waals surface area (Å²) in [4.78, 5) is 0.378. The Morgan fingerprint density at radius 2 is 1.57 bits per heavy atom. The molecule has 0 radical (unpaired) electrons. The Balaban J connectivity index is 2.38. The van der Waals surface area contributed by atoms with E-state index in [0.29, 0.717) is 10.8 Å². The van der Waals surface area contributed by atoms with Crippen molar-refractivity contribution in [2.75, 3.05) is 0 Å². The third-order valence-electron chi connectivity index (χ3n) is 4.32. The Labute approximate surface area is 128 Å². The molecule has 1 aromatic carbocycles. The third kappa shape index (κ3) is 3.73. The second kappa shape index (κ2) is 6.30. The van der Waals surface area contributed by atoms with Crippen LogP contribution >= 0.6 is 0 Å². The highest BCUT2D eigenvalue weighted by molar-refractivity contribution is 7.90. The van der Waals surface area contributed by atoms with Crippen LogP contribution in [0.3, 0.4) is 0 Å². The first-order chi connectivity index (χ1) is 9.81. The maximum absolute atomic E-state index is 12.7. The second-order valence-corrected chi connectivity index (χ2v) is 7.81. The molecule has 1 aliphatic carbocycles. The molecule has 0 aromatic heterocycles. The van der Waals surface area contributed by atoms with Gasteiger partial charge >= 0.3 is 0 Å². The zero-order valence-electron chi connectivity index (χ0n) is 13.4. The van der Waals surface area contributed by atoms with E-state index >= 15 is 0 Å². The van der Waals surface area contributed by atoms with Gasteiger partial charge in [-0.2, -0.15) is 12.8 Å². The molecule has 2 rings (SSSR count). The van der Waals surface area contributed by atoms with Gasteiger partial charge in [-0.15, -0.1) is 0 Å². The number of nitrogens with zero attached hydrogens (tertiary/aromatic N) is 1. The fraction of sp³-hybridized carbons (Fsp3) is 0.588. The number of rotatable bonds is 3. The van der Waals surface area contributed by atoms with E-state index in [2.05, 4.69) is 4.40 Å². The van der Waals surface area contributed by atoms with Gasteiger partial charge in [-0.25, -0.2) is 0 Å². The zero-order valence-corrected chi connectivity index (χ0v) is 14.3. The topological polar surface area (TPSA) is 46.5 Å². The van der Waals surface area contributed by atoms with Crippen LogP contribution in [-0.4, -0.2) is 14.1 Å². The zero-order chi connectivity index (χ0) is 15.6. The summed E-state index contributed by atoms with van der Waals surface area (Å²) < 4.78 is 29.4. The van der Waals surface area contributed by atoms with Crippen molar-refractivity contribution < 1.29 is 8.42 Å². The lowest BCUT2D eigenvalue weighted by Crippen LogP contribution is -2.17. The SMILES string of the molecule is C/C(=N\S(=O)(=O)c1c(C)cc(C)cc1C)C1CCCCC1. The molecule has 1 aromatic rings. The van der Waals surface area contributed by atoms with Crippen molar-refractivity contribution in [1.82, 2.24) is 0 Å². The molecule has 1 aliphatic rings. The molecule has 0 amide bonds. The highest BCUT2D eigenvalue weighted by Gasteiger charge is 2.22. The summed E-state index contributed by atoms with van der Waals surface area (Å²) in [6.07, 6.45) is 5.75. The molecule has 0 aliphatic heterocycles. The Hall–Kier alpha value is -1.16. The summed E-state index contributed by atoms with van der Waals surface area (Å²) in [5, 5.41) is 0. The monoisotopic (exact) mass is 307 g/mol. The van der Waals surface area contributed by atoms with E-state index in [1.54, 1.807) is 0 Å². The van der Waals surface area contributed by atoms with Gasteiger partial charge in [-0.3, -0.25) is 0 Å². The summed E-state index contributed by atoms with van der Waals surface area (Å²) in [6.45, 7) is 7.54. The first-order valence-electron chi connectivity index (χ1n) is 7.70. The fourth-order valence-corrected chi connectivity index (χ4v) is 4.95. The number of sulfonamides is 1. The van der Waals surface area contributed by atoms with Crippen molar-refractivity contribution in [2.24, 2.45) is 10.3 Å². The number of hydrogen-bond donors (Lipinski definition) is 0. The summed E-state index contributed by atoms with van der Waals surface area (Å²) >= 11 is 0. The van der Waals surface area contributed by atoms with Crippen LogP contribution in [0.4, 0.5) is 0 Å². The molecule has 0 atom stereocenters. The molecule has 0 heterocycles. The Morgan fingerprint density at radius 3 is 2.10 bits per heavy atom. The molecule has 1 fully saturated rings. The van der Waals surface area contributed by atoms with E-state index in [4.69, 9.17) is 0 Å². The van der Waals surface area contributed by atoms with Crippen molar-refractivity contribution in [1.29, 1.82) is 0 Å². The molecule has 3 nitrogen and oxygen atoms in total. The van der Waals surface area contributed by atoms with Gasteiger partial charge in [0.25, 0.3) is 10.0 Å². The van der Waals surface area contributed by atoms with Gasteiger partial charge in [0.1, 0.15) is 0 Å². The highest BCUT2D eigenvalue weighted by Crippen LogP contribution is 2.28. The van der Waals surface area contributed by atoms with Gasteiger partial charge in [0.15, 0.2) is 0 Å². The van der Waals surface area contributed by atoms with Gasteiger partial charge in [-0.1, -0.05) is 37.0 Å². The van der Waals surface area contributed by atoms with E-state index in [0.717, 1.165) is 35.2 Å². The predicted molar refractivity (Wildman–Crippen MR) is 87.5 cm³/mol. The van der Waals surface area contributed by atoms with Crippen LogP contribution in [-0.2, 0) is 10.0 Å². The number of aryl methyl sites for hydroxylation is 3.